The van der Waals surface area contributed by atoms with E-state index in [1.54, 1.807) is 0 Å². The summed E-state index contributed by atoms with van der Waals surface area (Å²) in [6.07, 6.45) is 11.6. The number of fused-ring (bicyclic) bond motifs is 3. The molecule has 3 rings (SSSR count). The Labute approximate surface area is 258 Å². The minimum atomic E-state index is -0.539. The van der Waals surface area contributed by atoms with Gasteiger partial charge >= 0.3 is 17.9 Å². The Kier molecular flexibility index (Phi) is 10.7. The molecule has 0 radical (unpaired) electrons. The lowest BCUT2D eigenvalue weighted by Gasteiger charge is -2.62. The van der Waals surface area contributed by atoms with Crippen LogP contribution in [-0.4, -0.2) is 42.5 Å². The highest BCUT2D eigenvalue weighted by Crippen LogP contribution is 2.69. The second kappa shape index (κ2) is 13.4. The van der Waals surface area contributed by atoms with Crippen molar-refractivity contribution in [2.24, 2.45) is 28.1 Å². The summed E-state index contributed by atoms with van der Waals surface area (Å²) in [5, 5.41) is 0. The zero-order valence-corrected chi connectivity index (χ0v) is 27.9. The SMILES string of the molecule is CC(=O)OCC1(C)C(OC(C)=O)CCC2(C)C3CC(=O)C(=C(C)C=CC=C(C)C(CC=C(C)C)OC(C)=O)C3(C)CCC12. The second-order valence-electron chi connectivity index (χ2n) is 14.1. The molecule has 0 aromatic carbocycles. The van der Waals surface area contributed by atoms with Crippen LogP contribution in [0, 0.1) is 28.1 Å². The van der Waals surface area contributed by atoms with Crippen molar-refractivity contribution in [1.29, 1.82) is 0 Å². The highest BCUT2D eigenvalue weighted by Gasteiger charge is 2.66. The molecule has 0 N–H and O–H groups in total. The summed E-state index contributed by atoms with van der Waals surface area (Å²) in [4.78, 5) is 49.3. The van der Waals surface area contributed by atoms with Crippen LogP contribution in [0.3, 0.4) is 0 Å². The number of carbonyl (C=O) groups excluding carboxylic acids is 4. The van der Waals surface area contributed by atoms with Crippen molar-refractivity contribution < 1.29 is 33.4 Å². The number of allylic oxidation sites excluding steroid dienone is 6. The summed E-state index contributed by atoms with van der Waals surface area (Å²) in [5.41, 5.74) is 2.97. The number of carbonyl (C=O) groups is 4. The van der Waals surface area contributed by atoms with E-state index in [4.69, 9.17) is 14.2 Å². The molecule has 0 aromatic heterocycles. The maximum absolute atomic E-state index is 13.8. The molecule has 0 spiro atoms. The van der Waals surface area contributed by atoms with Gasteiger partial charge in [0.2, 0.25) is 0 Å². The zero-order chi connectivity index (χ0) is 32.3. The van der Waals surface area contributed by atoms with Crippen LogP contribution in [0.15, 0.2) is 46.6 Å². The van der Waals surface area contributed by atoms with E-state index in [1.807, 2.05) is 45.9 Å². The molecule has 0 aromatic rings. The van der Waals surface area contributed by atoms with E-state index < -0.39 is 5.41 Å². The van der Waals surface area contributed by atoms with Gasteiger partial charge in [0, 0.05) is 50.0 Å². The third kappa shape index (κ3) is 7.24. The topological polar surface area (TPSA) is 96.0 Å². The average Bonchev–Trinajstić information content (AvgIpc) is 3.17. The molecule has 3 aliphatic carbocycles. The van der Waals surface area contributed by atoms with Crippen LogP contribution >= 0.6 is 0 Å². The Balaban J connectivity index is 1.93. The minimum absolute atomic E-state index is 0.128. The maximum atomic E-state index is 13.8. The van der Waals surface area contributed by atoms with Crippen LogP contribution in [-0.2, 0) is 33.4 Å². The molecule has 3 aliphatic rings. The molecule has 0 bridgehead atoms. The van der Waals surface area contributed by atoms with E-state index in [1.165, 1.54) is 26.3 Å². The van der Waals surface area contributed by atoms with Crippen molar-refractivity contribution in [3.63, 3.8) is 0 Å². The van der Waals surface area contributed by atoms with Crippen LogP contribution in [0.1, 0.15) is 108 Å². The van der Waals surface area contributed by atoms with E-state index in [9.17, 15) is 19.2 Å². The largest absolute Gasteiger partial charge is 0.465 e. The number of ether oxygens (including phenoxy) is 3. The number of rotatable bonds is 9. The lowest BCUT2D eigenvalue weighted by atomic mass is 9.43. The fourth-order valence-electron chi connectivity index (χ4n) is 8.63. The van der Waals surface area contributed by atoms with Crippen molar-refractivity contribution in [2.45, 2.75) is 120 Å². The lowest BCUT2D eigenvalue weighted by molar-refractivity contribution is -0.203. The summed E-state index contributed by atoms with van der Waals surface area (Å²) in [7, 11) is 0. The Hall–Kier alpha value is -2.96. The summed E-state index contributed by atoms with van der Waals surface area (Å²) in [5.74, 6) is -0.528. The van der Waals surface area contributed by atoms with Crippen molar-refractivity contribution in [3.8, 4) is 0 Å². The molecular weight excluding hydrogens is 544 g/mol. The Morgan fingerprint density at radius 3 is 2.16 bits per heavy atom. The molecule has 7 atom stereocenters. The van der Waals surface area contributed by atoms with Gasteiger partial charge in [0.25, 0.3) is 0 Å². The van der Waals surface area contributed by atoms with Crippen LogP contribution in [0.2, 0.25) is 0 Å². The highest BCUT2D eigenvalue weighted by molar-refractivity contribution is 6.00. The molecule has 3 saturated carbocycles. The van der Waals surface area contributed by atoms with Gasteiger partial charge in [0.1, 0.15) is 18.8 Å². The van der Waals surface area contributed by atoms with Gasteiger partial charge in [-0.05, 0) is 81.8 Å². The molecule has 0 saturated heterocycles. The molecule has 3 fully saturated rings. The second-order valence-corrected chi connectivity index (χ2v) is 14.1. The molecule has 7 unspecified atom stereocenters. The number of Topliss-reactive ketones (excluding diaryl/α,β-unsaturated/α-hetero) is 1. The van der Waals surface area contributed by atoms with Gasteiger partial charge in [0.15, 0.2) is 5.78 Å². The molecule has 0 heterocycles. The zero-order valence-electron chi connectivity index (χ0n) is 27.9. The molecule has 7 heteroatoms. The fraction of sp³-hybridized carbons (Fsp3) is 0.667. The quantitative estimate of drug-likeness (QED) is 0.0900. The standard InChI is InChI=1S/C36H52O7/c1-22(2)14-15-29(42-26(6)38)23(3)12-11-13-24(4)33-28(40)20-31-34(8)19-17-32(43-27(7)39)36(10,21-41-25(5)37)30(34)16-18-35(31,33)9/h11-14,29-32H,15-21H2,1-10H3. The Morgan fingerprint density at radius 2 is 1.58 bits per heavy atom. The van der Waals surface area contributed by atoms with Gasteiger partial charge < -0.3 is 14.2 Å². The first-order valence-corrected chi connectivity index (χ1v) is 15.7. The van der Waals surface area contributed by atoms with Crippen molar-refractivity contribution in [1.82, 2.24) is 0 Å². The molecule has 238 valence electrons. The van der Waals surface area contributed by atoms with Gasteiger partial charge in [-0.25, -0.2) is 0 Å². The number of esters is 3. The predicted molar refractivity (Wildman–Crippen MR) is 167 cm³/mol. The van der Waals surface area contributed by atoms with Crippen LogP contribution in [0.4, 0.5) is 0 Å². The van der Waals surface area contributed by atoms with Crippen LogP contribution < -0.4 is 0 Å². The summed E-state index contributed by atoms with van der Waals surface area (Å²) >= 11 is 0. The first-order chi connectivity index (χ1) is 20.0. The van der Waals surface area contributed by atoms with Crippen LogP contribution in [0.5, 0.6) is 0 Å². The first kappa shape index (κ1) is 34.5. The van der Waals surface area contributed by atoms with E-state index in [2.05, 4.69) is 26.8 Å². The molecular formula is C36H52O7. The number of hydrogen-bond acceptors (Lipinski definition) is 7. The summed E-state index contributed by atoms with van der Waals surface area (Å²) in [6, 6.07) is 0. The first-order valence-electron chi connectivity index (χ1n) is 15.7. The Bertz CT molecular complexity index is 1250. The third-order valence-corrected chi connectivity index (χ3v) is 10.6. The van der Waals surface area contributed by atoms with Gasteiger partial charge in [-0.3, -0.25) is 19.2 Å². The fourth-order valence-corrected chi connectivity index (χ4v) is 8.63. The predicted octanol–water partition coefficient (Wildman–Crippen LogP) is 7.40. The monoisotopic (exact) mass is 596 g/mol. The molecule has 0 amide bonds. The van der Waals surface area contributed by atoms with Gasteiger partial charge in [0.05, 0.1) is 0 Å². The van der Waals surface area contributed by atoms with E-state index >= 15 is 0 Å². The highest BCUT2D eigenvalue weighted by atomic mass is 16.6. The maximum Gasteiger partial charge on any atom is 0.303 e. The normalized spacial score (nSPS) is 34.1. The van der Waals surface area contributed by atoms with Crippen molar-refractivity contribution in [3.05, 3.63) is 46.6 Å². The number of ketones is 1. The van der Waals surface area contributed by atoms with Crippen LogP contribution in [0.25, 0.3) is 0 Å². The number of hydrogen-bond donors (Lipinski definition) is 0. The van der Waals surface area contributed by atoms with E-state index in [0.717, 1.165) is 36.0 Å². The smallest absolute Gasteiger partial charge is 0.303 e. The molecule has 0 aliphatic heterocycles. The van der Waals surface area contributed by atoms with Gasteiger partial charge in [-0.1, -0.05) is 50.6 Å². The Morgan fingerprint density at radius 1 is 0.907 bits per heavy atom. The van der Waals surface area contributed by atoms with E-state index in [-0.39, 0.29) is 65.2 Å². The van der Waals surface area contributed by atoms with Crippen molar-refractivity contribution in [2.75, 3.05) is 6.61 Å². The van der Waals surface area contributed by atoms with Crippen molar-refractivity contribution >= 4 is 23.7 Å². The average molecular weight is 597 g/mol. The summed E-state index contributed by atoms with van der Waals surface area (Å²) < 4.78 is 17.0. The van der Waals surface area contributed by atoms with E-state index in [0.29, 0.717) is 19.3 Å². The lowest BCUT2D eigenvalue weighted by Crippen LogP contribution is -2.60. The third-order valence-electron chi connectivity index (χ3n) is 10.6. The van der Waals surface area contributed by atoms with Gasteiger partial charge in [-0.2, -0.15) is 0 Å². The minimum Gasteiger partial charge on any atom is -0.465 e. The summed E-state index contributed by atoms with van der Waals surface area (Å²) in [6.45, 7) is 19.1. The molecule has 43 heavy (non-hydrogen) atoms. The van der Waals surface area contributed by atoms with Gasteiger partial charge in [-0.15, -0.1) is 0 Å². The molecule has 7 nitrogen and oxygen atoms in total.